The largest absolute Gasteiger partial charge is 0.388 e. The first-order valence-electron chi connectivity index (χ1n) is 9.51. The number of ketones is 3. The molecule has 0 radical (unpaired) electrons. The molecule has 140 valence electrons. The number of Topliss-reactive ketones (excluding diaryl/α,β-unsaturated/α-hetero) is 2. The molecule has 3 saturated carbocycles. The summed E-state index contributed by atoms with van der Waals surface area (Å²) in [5, 5.41) is 20.5. The van der Waals surface area contributed by atoms with Gasteiger partial charge in [-0.15, -0.1) is 0 Å². The number of hydrogen-bond acceptors (Lipinski definition) is 5. The molecule has 0 heterocycles. The van der Waals surface area contributed by atoms with E-state index in [-0.39, 0.29) is 35.7 Å². The molecule has 0 spiro atoms. The third-order valence-corrected chi connectivity index (χ3v) is 8.01. The Hall–Kier alpha value is -1.59. The quantitative estimate of drug-likeness (QED) is 0.785. The van der Waals surface area contributed by atoms with Gasteiger partial charge in [0.25, 0.3) is 0 Å². The minimum absolute atomic E-state index is 0.0206. The minimum Gasteiger partial charge on any atom is -0.388 e. The summed E-state index contributed by atoms with van der Waals surface area (Å²) in [6, 6.07) is 0. The molecule has 0 aromatic heterocycles. The van der Waals surface area contributed by atoms with Gasteiger partial charge in [0, 0.05) is 23.2 Å². The van der Waals surface area contributed by atoms with Crippen LogP contribution in [0.15, 0.2) is 23.8 Å². The van der Waals surface area contributed by atoms with Crippen molar-refractivity contribution in [1.82, 2.24) is 0 Å². The summed E-state index contributed by atoms with van der Waals surface area (Å²) in [5.41, 5.74) is -1.86. The van der Waals surface area contributed by atoms with Gasteiger partial charge in [-0.2, -0.15) is 0 Å². The van der Waals surface area contributed by atoms with E-state index in [2.05, 4.69) is 0 Å². The van der Waals surface area contributed by atoms with E-state index >= 15 is 0 Å². The lowest BCUT2D eigenvalue weighted by atomic mass is 9.46. The maximum atomic E-state index is 13.3. The van der Waals surface area contributed by atoms with Crippen molar-refractivity contribution in [1.29, 1.82) is 0 Å². The fraction of sp³-hybridized carbons (Fsp3) is 0.667. The highest BCUT2D eigenvalue weighted by Gasteiger charge is 2.68. The van der Waals surface area contributed by atoms with Crippen molar-refractivity contribution < 1.29 is 24.6 Å². The standard InChI is InChI=1S/C21H26O5/c1-19-7-5-13(23)9-12(19)3-4-14-15-6-8-21(26,17(25)11-22)20(15,2)10-16(24)18(14)19/h5,7,9,14-15,18,22,26H,3-4,6,8,10-11H2,1-2H3/t14-,15-,18+,19?,20-,21-/m0/s1. The summed E-state index contributed by atoms with van der Waals surface area (Å²) >= 11 is 0. The number of fused-ring (bicyclic) bond motifs is 5. The Morgan fingerprint density at radius 2 is 2.00 bits per heavy atom. The van der Waals surface area contributed by atoms with Gasteiger partial charge in [-0.3, -0.25) is 14.4 Å². The van der Waals surface area contributed by atoms with Gasteiger partial charge in [0.15, 0.2) is 11.6 Å². The van der Waals surface area contributed by atoms with Crippen LogP contribution < -0.4 is 0 Å². The summed E-state index contributed by atoms with van der Waals surface area (Å²) in [7, 11) is 0. The summed E-state index contributed by atoms with van der Waals surface area (Å²) in [6.07, 6.45) is 7.82. The molecule has 0 aromatic carbocycles. The zero-order chi connectivity index (χ0) is 18.9. The highest BCUT2D eigenvalue weighted by molar-refractivity contribution is 6.02. The van der Waals surface area contributed by atoms with E-state index < -0.39 is 28.8 Å². The maximum absolute atomic E-state index is 13.3. The third kappa shape index (κ3) is 2.01. The highest BCUT2D eigenvalue weighted by atomic mass is 16.3. The van der Waals surface area contributed by atoms with Gasteiger partial charge >= 0.3 is 0 Å². The van der Waals surface area contributed by atoms with Crippen molar-refractivity contribution in [3.05, 3.63) is 23.8 Å². The molecule has 5 nitrogen and oxygen atoms in total. The fourth-order valence-electron chi connectivity index (χ4n) is 6.62. The number of carbonyl (C=O) groups is 3. The van der Waals surface area contributed by atoms with Gasteiger partial charge in [-0.25, -0.2) is 0 Å². The molecule has 0 bridgehead atoms. The van der Waals surface area contributed by atoms with Crippen LogP contribution in [0.25, 0.3) is 0 Å². The molecule has 0 amide bonds. The maximum Gasteiger partial charge on any atom is 0.190 e. The van der Waals surface area contributed by atoms with Crippen LogP contribution in [0.5, 0.6) is 0 Å². The average molecular weight is 358 g/mol. The first-order valence-corrected chi connectivity index (χ1v) is 9.51. The van der Waals surface area contributed by atoms with Crippen molar-refractivity contribution in [3.63, 3.8) is 0 Å². The zero-order valence-electron chi connectivity index (χ0n) is 15.3. The molecule has 0 aliphatic heterocycles. The molecule has 4 aliphatic carbocycles. The smallest absolute Gasteiger partial charge is 0.190 e. The van der Waals surface area contributed by atoms with Crippen molar-refractivity contribution in [2.75, 3.05) is 6.61 Å². The average Bonchev–Trinajstić information content (AvgIpc) is 2.86. The van der Waals surface area contributed by atoms with Gasteiger partial charge in [-0.1, -0.05) is 25.5 Å². The van der Waals surface area contributed by atoms with Gasteiger partial charge in [0.05, 0.1) is 0 Å². The molecule has 1 unspecified atom stereocenters. The molecule has 6 atom stereocenters. The highest BCUT2D eigenvalue weighted by Crippen LogP contribution is 2.66. The summed E-state index contributed by atoms with van der Waals surface area (Å²) in [4.78, 5) is 37.4. The first-order chi connectivity index (χ1) is 12.2. The Balaban J connectivity index is 1.76. The summed E-state index contributed by atoms with van der Waals surface area (Å²) in [5.74, 6) is -0.590. The van der Waals surface area contributed by atoms with E-state index in [0.29, 0.717) is 12.8 Å². The molecule has 0 saturated heterocycles. The second-order valence-electron chi connectivity index (χ2n) is 9.02. The molecule has 3 fully saturated rings. The monoisotopic (exact) mass is 358 g/mol. The van der Waals surface area contributed by atoms with E-state index in [1.54, 1.807) is 12.2 Å². The second-order valence-corrected chi connectivity index (χ2v) is 9.02. The number of hydrogen-bond donors (Lipinski definition) is 2. The van der Waals surface area contributed by atoms with Crippen LogP contribution in [0.2, 0.25) is 0 Å². The topological polar surface area (TPSA) is 91.7 Å². The van der Waals surface area contributed by atoms with Crippen molar-refractivity contribution in [2.45, 2.75) is 51.6 Å². The molecule has 4 aliphatic rings. The normalized spacial score (nSPS) is 47.1. The second kappa shape index (κ2) is 5.46. The SMILES string of the molecule is CC12C=CC(=O)C=C1CC[C@@H]1[C@@H]2C(=O)C[C@@]2(C)[C@H]1CC[C@]2(O)C(=O)CO. The number of allylic oxidation sites excluding steroid dienone is 4. The summed E-state index contributed by atoms with van der Waals surface area (Å²) in [6.45, 7) is 3.19. The third-order valence-electron chi connectivity index (χ3n) is 8.01. The van der Waals surface area contributed by atoms with Gasteiger partial charge in [-0.05, 0) is 49.7 Å². The van der Waals surface area contributed by atoms with Crippen LogP contribution in [-0.4, -0.2) is 39.8 Å². The van der Waals surface area contributed by atoms with E-state index in [1.807, 2.05) is 19.9 Å². The fourth-order valence-corrected chi connectivity index (χ4v) is 6.62. The minimum atomic E-state index is -1.62. The lowest BCUT2D eigenvalue weighted by molar-refractivity contribution is -0.168. The van der Waals surface area contributed by atoms with E-state index in [9.17, 15) is 24.6 Å². The number of carbonyl (C=O) groups excluding carboxylic acids is 3. The predicted octanol–water partition coefficient (Wildman–Crippen LogP) is 1.77. The lowest BCUT2D eigenvalue weighted by Gasteiger charge is -2.56. The van der Waals surface area contributed by atoms with Gasteiger partial charge in [0.2, 0.25) is 0 Å². The Morgan fingerprint density at radius 1 is 1.27 bits per heavy atom. The molecule has 26 heavy (non-hydrogen) atoms. The van der Waals surface area contributed by atoms with Crippen LogP contribution in [0, 0.1) is 28.6 Å². The van der Waals surface area contributed by atoms with Crippen molar-refractivity contribution >= 4 is 17.3 Å². The Kier molecular flexibility index (Phi) is 3.74. The predicted molar refractivity (Wildman–Crippen MR) is 94.0 cm³/mol. The van der Waals surface area contributed by atoms with Crippen LogP contribution >= 0.6 is 0 Å². The van der Waals surface area contributed by atoms with E-state index in [4.69, 9.17) is 0 Å². The molecule has 5 heteroatoms. The number of aliphatic hydroxyl groups excluding tert-OH is 1. The van der Waals surface area contributed by atoms with Gasteiger partial charge < -0.3 is 10.2 Å². The van der Waals surface area contributed by atoms with Crippen molar-refractivity contribution in [2.24, 2.45) is 28.6 Å². The molecule has 2 N–H and O–H groups in total. The Labute approximate surface area is 153 Å². The lowest BCUT2D eigenvalue weighted by Crippen LogP contribution is -2.60. The Morgan fingerprint density at radius 3 is 2.69 bits per heavy atom. The van der Waals surface area contributed by atoms with Crippen LogP contribution in [0.3, 0.4) is 0 Å². The van der Waals surface area contributed by atoms with E-state index in [1.165, 1.54) is 0 Å². The van der Waals surface area contributed by atoms with Crippen LogP contribution in [-0.2, 0) is 14.4 Å². The Bertz CT molecular complexity index is 764. The molecule has 0 aromatic rings. The van der Waals surface area contributed by atoms with Crippen LogP contribution in [0.4, 0.5) is 0 Å². The van der Waals surface area contributed by atoms with Crippen molar-refractivity contribution in [3.8, 4) is 0 Å². The number of aliphatic hydroxyl groups is 2. The van der Waals surface area contributed by atoms with Crippen LogP contribution in [0.1, 0.15) is 46.0 Å². The van der Waals surface area contributed by atoms with E-state index in [0.717, 1.165) is 18.4 Å². The molecular formula is C21H26O5. The first kappa shape index (κ1) is 17.8. The zero-order valence-corrected chi connectivity index (χ0v) is 15.3. The molecule has 4 rings (SSSR count). The number of rotatable bonds is 2. The van der Waals surface area contributed by atoms with Gasteiger partial charge in [0.1, 0.15) is 18.0 Å². The molecular weight excluding hydrogens is 332 g/mol. The summed E-state index contributed by atoms with van der Waals surface area (Å²) < 4.78 is 0.